The van der Waals surface area contributed by atoms with E-state index in [0.717, 1.165) is 16.7 Å². The van der Waals surface area contributed by atoms with Gasteiger partial charge in [-0.15, -0.1) is 0 Å². The first kappa shape index (κ1) is 35.4. The molecule has 10 nitrogen and oxygen atoms in total. The minimum Gasteiger partial charge on any atom is -0.493 e. The molecule has 10 heteroatoms. The molecule has 0 spiro atoms. The molecule has 0 amide bonds. The number of benzene rings is 5. The molecule has 5 atom stereocenters. The molecular weight excluding hydrogens is 650 g/mol. The van der Waals surface area contributed by atoms with Crippen LogP contribution in [0.4, 0.5) is 5.69 Å². The lowest BCUT2D eigenvalue weighted by Crippen LogP contribution is -2.61. The van der Waals surface area contributed by atoms with Gasteiger partial charge in [-0.3, -0.25) is 10.1 Å². The molecule has 51 heavy (non-hydrogen) atoms. The third-order valence-electron chi connectivity index (χ3n) is 8.40. The first-order valence-electron chi connectivity index (χ1n) is 16.8. The standard InChI is InChI=1S/C41H39NO9/c43-40(33-21-23-34(24-22-33)42(44)45)51-41-39(49-29-32-17-9-3-10-18-32)38(48-28-31-15-7-2-8-16-31)37(47-27-30-13-5-1-6-14-30)36(50-41)25-26-46-35-19-11-4-12-20-35/h1-24,36-39,41H,25-29H2/t36-,37-,38+,39-,41?/m1/s1. The number of esters is 1. The van der Waals surface area contributed by atoms with E-state index < -0.39 is 41.6 Å². The summed E-state index contributed by atoms with van der Waals surface area (Å²) in [6.45, 7) is 0.968. The number of non-ortho nitro benzene ring substituents is 1. The summed E-state index contributed by atoms with van der Waals surface area (Å²) in [5, 5.41) is 11.2. The molecule has 1 fully saturated rings. The molecule has 6 rings (SSSR count). The van der Waals surface area contributed by atoms with E-state index in [0.29, 0.717) is 12.2 Å². The Morgan fingerprint density at radius 3 is 1.59 bits per heavy atom. The van der Waals surface area contributed by atoms with E-state index >= 15 is 0 Å². The summed E-state index contributed by atoms with van der Waals surface area (Å²) in [5.41, 5.74) is 2.79. The van der Waals surface area contributed by atoms with E-state index in [-0.39, 0.29) is 37.7 Å². The summed E-state index contributed by atoms with van der Waals surface area (Å²) >= 11 is 0. The monoisotopic (exact) mass is 689 g/mol. The summed E-state index contributed by atoms with van der Waals surface area (Å²) in [5.74, 6) is -0.0230. The lowest BCUT2D eigenvalue weighted by Gasteiger charge is -2.45. The molecule has 0 N–H and O–H groups in total. The van der Waals surface area contributed by atoms with Gasteiger partial charge in [0.15, 0.2) is 0 Å². The lowest BCUT2D eigenvalue weighted by molar-refractivity contribution is -0.384. The zero-order valence-corrected chi connectivity index (χ0v) is 27.9. The summed E-state index contributed by atoms with van der Waals surface area (Å²) in [6.07, 6.45) is -3.86. The number of nitrogens with zero attached hydrogens (tertiary/aromatic N) is 1. The fourth-order valence-corrected chi connectivity index (χ4v) is 5.78. The Balaban J connectivity index is 1.32. The third kappa shape index (κ3) is 10.1. The van der Waals surface area contributed by atoms with Gasteiger partial charge in [0.2, 0.25) is 6.29 Å². The number of nitro benzene ring substituents is 1. The lowest BCUT2D eigenvalue weighted by atomic mass is 9.95. The average Bonchev–Trinajstić information content (AvgIpc) is 3.18. The molecule has 0 bridgehead atoms. The Kier molecular flexibility index (Phi) is 12.5. The highest BCUT2D eigenvalue weighted by Gasteiger charge is 2.50. The number of nitro groups is 1. The summed E-state index contributed by atoms with van der Waals surface area (Å²) in [7, 11) is 0. The number of hydrogen-bond donors (Lipinski definition) is 0. The Morgan fingerprint density at radius 2 is 1.08 bits per heavy atom. The zero-order valence-electron chi connectivity index (χ0n) is 27.9. The number of carbonyl (C=O) groups is 1. The van der Waals surface area contributed by atoms with E-state index in [9.17, 15) is 14.9 Å². The highest BCUT2D eigenvalue weighted by Crippen LogP contribution is 2.33. The minimum atomic E-state index is -1.23. The van der Waals surface area contributed by atoms with Crippen LogP contribution >= 0.6 is 0 Å². The number of hydrogen-bond acceptors (Lipinski definition) is 9. The average molecular weight is 690 g/mol. The van der Waals surface area contributed by atoms with Gasteiger partial charge >= 0.3 is 5.97 Å². The first-order valence-corrected chi connectivity index (χ1v) is 16.8. The van der Waals surface area contributed by atoms with Gasteiger partial charge in [0, 0.05) is 18.6 Å². The van der Waals surface area contributed by atoms with Crippen LogP contribution in [-0.2, 0) is 43.5 Å². The Morgan fingerprint density at radius 1 is 0.608 bits per heavy atom. The molecule has 1 unspecified atom stereocenters. The second kappa shape index (κ2) is 18.0. The molecule has 1 heterocycles. The van der Waals surface area contributed by atoms with Gasteiger partial charge in [-0.2, -0.15) is 0 Å². The van der Waals surface area contributed by atoms with Crippen molar-refractivity contribution in [2.24, 2.45) is 0 Å². The van der Waals surface area contributed by atoms with Crippen molar-refractivity contribution in [2.45, 2.75) is 56.9 Å². The smallest absolute Gasteiger partial charge is 0.340 e. The van der Waals surface area contributed by atoms with Crippen LogP contribution < -0.4 is 4.74 Å². The maximum Gasteiger partial charge on any atom is 0.340 e. The number of carbonyl (C=O) groups excluding carboxylic acids is 1. The van der Waals surface area contributed by atoms with Gasteiger partial charge in [0.1, 0.15) is 24.1 Å². The van der Waals surface area contributed by atoms with E-state index in [1.54, 1.807) is 0 Å². The number of para-hydroxylation sites is 1. The Bertz CT molecular complexity index is 1790. The van der Waals surface area contributed by atoms with E-state index in [1.807, 2.05) is 121 Å². The fourth-order valence-electron chi connectivity index (χ4n) is 5.78. The maximum absolute atomic E-state index is 13.6. The molecule has 0 radical (unpaired) electrons. The fraction of sp³-hybridized carbons (Fsp3) is 0.244. The highest BCUT2D eigenvalue weighted by atomic mass is 16.7. The second-order valence-corrected chi connectivity index (χ2v) is 12.0. The van der Waals surface area contributed by atoms with Crippen molar-refractivity contribution < 1.29 is 38.1 Å². The van der Waals surface area contributed by atoms with Crippen LogP contribution in [0.15, 0.2) is 146 Å². The van der Waals surface area contributed by atoms with Gasteiger partial charge in [0.05, 0.1) is 43.0 Å². The molecule has 0 aliphatic carbocycles. The van der Waals surface area contributed by atoms with Crippen molar-refractivity contribution in [3.63, 3.8) is 0 Å². The van der Waals surface area contributed by atoms with Crippen molar-refractivity contribution in [3.05, 3.63) is 178 Å². The molecule has 0 aromatic heterocycles. The van der Waals surface area contributed by atoms with Gasteiger partial charge in [-0.25, -0.2) is 4.79 Å². The molecule has 5 aromatic carbocycles. The zero-order chi connectivity index (χ0) is 35.3. The highest BCUT2D eigenvalue weighted by molar-refractivity contribution is 5.89. The van der Waals surface area contributed by atoms with Crippen LogP contribution in [0.5, 0.6) is 5.75 Å². The van der Waals surface area contributed by atoms with Crippen LogP contribution in [0.25, 0.3) is 0 Å². The minimum absolute atomic E-state index is 0.124. The van der Waals surface area contributed by atoms with Gasteiger partial charge in [-0.1, -0.05) is 109 Å². The quantitative estimate of drug-likeness (QED) is 0.0584. The molecule has 1 aliphatic rings. The summed E-state index contributed by atoms with van der Waals surface area (Å²) in [6, 6.07) is 43.9. The second-order valence-electron chi connectivity index (χ2n) is 12.0. The molecule has 5 aromatic rings. The van der Waals surface area contributed by atoms with Crippen LogP contribution in [0.3, 0.4) is 0 Å². The molecule has 0 saturated carbocycles. The van der Waals surface area contributed by atoms with Crippen LogP contribution in [0, 0.1) is 10.1 Å². The Labute approximate surface area is 296 Å². The summed E-state index contributed by atoms with van der Waals surface area (Å²) < 4.78 is 38.6. The van der Waals surface area contributed by atoms with E-state index in [1.165, 1.54) is 24.3 Å². The Hall–Kier alpha value is -5.39. The van der Waals surface area contributed by atoms with Crippen LogP contribution in [0.1, 0.15) is 33.5 Å². The van der Waals surface area contributed by atoms with Gasteiger partial charge < -0.3 is 28.4 Å². The van der Waals surface area contributed by atoms with E-state index in [2.05, 4.69) is 0 Å². The van der Waals surface area contributed by atoms with Crippen LogP contribution in [-0.4, -0.2) is 48.2 Å². The molecule has 262 valence electrons. The molecular formula is C41H39NO9. The van der Waals surface area contributed by atoms with Gasteiger partial charge in [-0.05, 0) is 41.0 Å². The first-order chi connectivity index (χ1) is 25.0. The number of ether oxygens (including phenoxy) is 6. The van der Waals surface area contributed by atoms with E-state index in [4.69, 9.17) is 28.4 Å². The van der Waals surface area contributed by atoms with Crippen molar-refractivity contribution in [1.82, 2.24) is 0 Å². The third-order valence-corrected chi connectivity index (χ3v) is 8.40. The number of rotatable bonds is 16. The molecule has 1 aliphatic heterocycles. The normalized spacial score (nSPS) is 20.0. The van der Waals surface area contributed by atoms with Crippen molar-refractivity contribution in [3.8, 4) is 5.75 Å². The SMILES string of the molecule is O=C(OC1O[C@H](CCOc2ccccc2)[C@@H](OCc2ccccc2)[C@H](OCc2ccccc2)[C@H]1OCc1ccccc1)c1ccc([N+](=O)[O-])cc1. The molecule has 1 saturated heterocycles. The predicted molar refractivity (Wildman–Crippen MR) is 189 cm³/mol. The van der Waals surface area contributed by atoms with Crippen molar-refractivity contribution in [1.29, 1.82) is 0 Å². The largest absolute Gasteiger partial charge is 0.493 e. The van der Waals surface area contributed by atoms with Crippen LogP contribution in [0.2, 0.25) is 0 Å². The summed E-state index contributed by atoms with van der Waals surface area (Å²) in [4.78, 5) is 24.3. The topological polar surface area (TPSA) is 116 Å². The predicted octanol–water partition coefficient (Wildman–Crippen LogP) is 7.70. The van der Waals surface area contributed by atoms with Crippen molar-refractivity contribution >= 4 is 11.7 Å². The van der Waals surface area contributed by atoms with Crippen molar-refractivity contribution in [2.75, 3.05) is 6.61 Å². The maximum atomic E-state index is 13.6. The van der Waals surface area contributed by atoms with Gasteiger partial charge in [0.25, 0.3) is 5.69 Å².